The van der Waals surface area contributed by atoms with Crippen molar-refractivity contribution in [1.29, 1.82) is 0 Å². The SMILES string of the molecule is Cc1nccn1[C@H]1C[C@H]2CN(C3CCOCC3)C[C@H]2C[C@@H]1O. The minimum atomic E-state index is -0.233. The van der Waals surface area contributed by atoms with Gasteiger partial charge in [0.2, 0.25) is 0 Å². The van der Waals surface area contributed by atoms with Gasteiger partial charge in [-0.05, 0) is 44.4 Å². The van der Waals surface area contributed by atoms with Crippen LogP contribution in [0.25, 0.3) is 0 Å². The van der Waals surface area contributed by atoms with E-state index < -0.39 is 0 Å². The first kappa shape index (κ1) is 14.7. The molecule has 5 nitrogen and oxygen atoms in total. The molecule has 0 unspecified atom stereocenters. The Kier molecular flexibility index (Phi) is 3.96. The number of hydrogen-bond acceptors (Lipinski definition) is 4. The normalized spacial score (nSPS) is 37.4. The number of rotatable bonds is 2. The number of nitrogens with zero attached hydrogens (tertiary/aromatic N) is 3. The first-order valence-corrected chi connectivity index (χ1v) is 8.71. The van der Waals surface area contributed by atoms with Crippen molar-refractivity contribution in [3.63, 3.8) is 0 Å². The molecule has 4 atom stereocenters. The van der Waals surface area contributed by atoms with Gasteiger partial charge >= 0.3 is 0 Å². The van der Waals surface area contributed by atoms with Crippen LogP contribution in [-0.2, 0) is 4.74 Å². The van der Waals surface area contributed by atoms with Crippen LogP contribution in [0.1, 0.15) is 37.5 Å². The third kappa shape index (κ3) is 2.59. The van der Waals surface area contributed by atoms with Crippen molar-refractivity contribution in [3.8, 4) is 0 Å². The van der Waals surface area contributed by atoms with E-state index in [1.54, 1.807) is 0 Å². The number of likely N-dealkylation sites (tertiary alicyclic amines) is 1. The predicted octanol–water partition coefficient (Wildman–Crippen LogP) is 1.61. The zero-order chi connectivity index (χ0) is 15.1. The second-order valence-corrected chi connectivity index (χ2v) is 7.31. The van der Waals surface area contributed by atoms with E-state index in [-0.39, 0.29) is 12.1 Å². The lowest BCUT2D eigenvalue weighted by molar-refractivity contribution is 0.0343. The van der Waals surface area contributed by atoms with Crippen molar-refractivity contribution >= 4 is 0 Å². The quantitative estimate of drug-likeness (QED) is 0.902. The molecule has 3 fully saturated rings. The fourth-order valence-electron chi connectivity index (χ4n) is 4.83. The van der Waals surface area contributed by atoms with Gasteiger partial charge < -0.3 is 14.4 Å². The summed E-state index contributed by atoms with van der Waals surface area (Å²) in [5.41, 5.74) is 0. The van der Waals surface area contributed by atoms with Gasteiger partial charge in [-0.2, -0.15) is 0 Å². The molecule has 0 spiro atoms. The highest BCUT2D eigenvalue weighted by Gasteiger charge is 2.44. The van der Waals surface area contributed by atoms with Crippen LogP contribution >= 0.6 is 0 Å². The predicted molar refractivity (Wildman–Crippen MR) is 83.6 cm³/mol. The summed E-state index contributed by atoms with van der Waals surface area (Å²) in [7, 11) is 0. The molecule has 1 aromatic heterocycles. The maximum atomic E-state index is 10.6. The first-order chi connectivity index (χ1) is 10.7. The molecule has 0 bridgehead atoms. The largest absolute Gasteiger partial charge is 0.391 e. The number of ether oxygens (including phenoxy) is 1. The summed E-state index contributed by atoms with van der Waals surface area (Å²) in [5, 5.41) is 10.6. The Morgan fingerprint density at radius 2 is 1.91 bits per heavy atom. The summed E-state index contributed by atoms with van der Waals surface area (Å²) in [5.74, 6) is 2.40. The van der Waals surface area contributed by atoms with Crippen molar-refractivity contribution < 1.29 is 9.84 Å². The summed E-state index contributed by atoms with van der Waals surface area (Å²) in [6.07, 6.45) is 8.00. The van der Waals surface area contributed by atoms with Gasteiger partial charge in [-0.25, -0.2) is 4.98 Å². The number of aliphatic hydroxyl groups is 1. The molecule has 2 aliphatic heterocycles. The lowest BCUT2D eigenvalue weighted by Gasteiger charge is -2.36. The molecule has 2 saturated heterocycles. The molecule has 1 N–H and O–H groups in total. The highest BCUT2D eigenvalue weighted by atomic mass is 16.5. The lowest BCUT2D eigenvalue weighted by atomic mass is 9.77. The van der Waals surface area contributed by atoms with E-state index in [0.29, 0.717) is 12.0 Å². The second-order valence-electron chi connectivity index (χ2n) is 7.31. The summed E-state index contributed by atoms with van der Waals surface area (Å²) < 4.78 is 7.68. The topological polar surface area (TPSA) is 50.5 Å². The standard InChI is InChI=1S/C17H27N3O2/c1-12-18-4-5-20(12)16-8-13-10-19(11-14(13)9-17(16)21)15-2-6-22-7-3-15/h4-5,13-17,21H,2-3,6-11H2,1H3/t13-,14+,16-,17-/m0/s1. The van der Waals surface area contributed by atoms with Gasteiger partial charge in [0.25, 0.3) is 0 Å². The van der Waals surface area contributed by atoms with Gasteiger partial charge in [0.15, 0.2) is 0 Å². The van der Waals surface area contributed by atoms with Gasteiger partial charge in [0.05, 0.1) is 12.1 Å². The van der Waals surface area contributed by atoms with Crippen LogP contribution in [0.15, 0.2) is 12.4 Å². The van der Waals surface area contributed by atoms with Crippen molar-refractivity contribution in [3.05, 3.63) is 18.2 Å². The molecule has 5 heteroatoms. The van der Waals surface area contributed by atoms with Crippen LogP contribution in [-0.4, -0.2) is 58.0 Å². The molecular weight excluding hydrogens is 278 g/mol. The maximum Gasteiger partial charge on any atom is 0.105 e. The van der Waals surface area contributed by atoms with Crippen molar-refractivity contribution in [2.45, 2.75) is 50.8 Å². The zero-order valence-electron chi connectivity index (χ0n) is 13.4. The monoisotopic (exact) mass is 305 g/mol. The molecule has 4 rings (SSSR count). The maximum absolute atomic E-state index is 10.6. The summed E-state index contributed by atoms with van der Waals surface area (Å²) in [6, 6.07) is 0.906. The average molecular weight is 305 g/mol. The first-order valence-electron chi connectivity index (χ1n) is 8.71. The zero-order valence-corrected chi connectivity index (χ0v) is 13.4. The molecule has 3 aliphatic rings. The summed E-state index contributed by atoms with van der Waals surface area (Å²) in [6.45, 7) is 6.22. The number of hydrogen-bond donors (Lipinski definition) is 1. The smallest absolute Gasteiger partial charge is 0.105 e. The highest BCUT2D eigenvalue weighted by molar-refractivity contribution is 5.01. The highest BCUT2D eigenvalue weighted by Crippen LogP contribution is 2.42. The van der Waals surface area contributed by atoms with Gasteiger partial charge in [-0.15, -0.1) is 0 Å². The van der Waals surface area contributed by atoms with Crippen molar-refractivity contribution in [1.82, 2.24) is 14.5 Å². The van der Waals surface area contributed by atoms with Crippen LogP contribution in [0.4, 0.5) is 0 Å². The average Bonchev–Trinajstić information content (AvgIpc) is 3.13. The third-order valence-electron chi connectivity index (χ3n) is 6.06. The van der Waals surface area contributed by atoms with Gasteiger partial charge in [0.1, 0.15) is 5.82 Å². The summed E-state index contributed by atoms with van der Waals surface area (Å²) >= 11 is 0. The number of aliphatic hydroxyl groups excluding tert-OH is 1. The van der Waals surface area contributed by atoms with Crippen LogP contribution in [0, 0.1) is 18.8 Å². The van der Waals surface area contributed by atoms with Crippen LogP contribution in [0.3, 0.4) is 0 Å². The van der Waals surface area contributed by atoms with Crippen LogP contribution in [0.2, 0.25) is 0 Å². The van der Waals surface area contributed by atoms with Gasteiger partial charge in [-0.1, -0.05) is 0 Å². The van der Waals surface area contributed by atoms with E-state index >= 15 is 0 Å². The molecule has 122 valence electrons. The molecular formula is C17H27N3O2. The summed E-state index contributed by atoms with van der Waals surface area (Å²) in [4.78, 5) is 7.00. The van der Waals surface area contributed by atoms with E-state index in [0.717, 1.165) is 37.8 Å². The molecule has 0 radical (unpaired) electrons. The Bertz CT molecular complexity index is 512. The Morgan fingerprint density at radius 1 is 1.18 bits per heavy atom. The van der Waals surface area contributed by atoms with E-state index in [2.05, 4.69) is 14.5 Å². The van der Waals surface area contributed by atoms with E-state index in [1.807, 2.05) is 19.3 Å². The molecule has 1 aromatic rings. The number of fused-ring (bicyclic) bond motifs is 1. The van der Waals surface area contributed by atoms with Gasteiger partial charge in [0, 0.05) is 44.7 Å². The molecule has 0 amide bonds. The minimum Gasteiger partial charge on any atom is -0.391 e. The third-order valence-corrected chi connectivity index (χ3v) is 6.06. The fourth-order valence-corrected chi connectivity index (χ4v) is 4.83. The van der Waals surface area contributed by atoms with E-state index in [4.69, 9.17) is 4.74 Å². The van der Waals surface area contributed by atoms with E-state index in [1.165, 1.54) is 25.9 Å². The Morgan fingerprint density at radius 3 is 2.59 bits per heavy atom. The van der Waals surface area contributed by atoms with Crippen molar-refractivity contribution in [2.24, 2.45) is 11.8 Å². The molecule has 3 heterocycles. The van der Waals surface area contributed by atoms with Crippen LogP contribution in [0.5, 0.6) is 0 Å². The van der Waals surface area contributed by atoms with Crippen molar-refractivity contribution in [2.75, 3.05) is 26.3 Å². The Hall–Kier alpha value is -0.910. The number of aryl methyl sites for hydroxylation is 1. The molecule has 1 aliphatic carbocycles. The Balaban J connectivity index is 1.45. The second kappa shape index (κ2) is 5.95. The fraction of sp³-hybridized carbons (Fsp3) is 0.824. The number of imidazole rings is 1. The van der Waals surface area contributed by atoms with Gasteiger partial charge in [-0.3, -0.25) is 4.90 Å². The molecule has 0 aromatic carbocycles. The molecule has 1 saturated carbocycles. The lowest BCUT2D eigenvalue weighted by Crippen LogP contribution is -2.38. The number of aromatic nitrogens is 2. The minimum absolute atomic E-state index is 0.207. The molecule has 22 heavy (non-hydrogen) atoms. The van der Waals surface area contributed by atoms with Crippen LogP contribution < -0.4 is 0 Å². The van der Waals surface area contributed by atoms with E-state index in [9.17, 15) is 5.11 Å². The Labute approximate surface area is 132 Å².